The largest absolute Gasteiger partial charge is 0.316 e. The third-order valence-electron chi connectivity index (χ3n) is 5.18. The fourth-order valence-electron chi connectivity index (χ4n) is 3.51. The Kier molecular flexibility index (Phi) is 2.18. The number of rotatable bonds is 0. The van der Waals surface area contributed by atoms with E-state index >= 15 is 0 Å². The molecule has 1 heterocycles. The molecule has 2 fully saturated rings. The van der Waals surface area contributed by atoms with Crippen LogP contribution in [0, 0.1) is 16.7 Å². The molecule has 0 aromatic carbocycles. The quantitative estimate of drug-likeness (QED) is 0.606. The molecule has 0 spiro atoms. The lowest BCUT2D eigenvalue weighted by molar-refractivity contribution is -0.0553. The minimum atomic E-state index is 0.559. The van der Waals surface area contributed by atoms with Crippen molar-refractivity contribution in [1.82, 2.24) is 5.32 Å². The first kappa shape index (κ1) is 9.51. The summed E-state index contributed by atoms with van der Waals surface area (Å²) in [7, 11) is 0. The summed E-state index contributed by atoms with van der Waals surface area (Å²) in [6.07, 6.45) is 5.73. The molecule has 76 valence electrons. The van der Waals surface area contributed by atoms with E-state index in [1.54, 1.807) is 0 Å². The van der Waals surface area contributed by atoms with Crippen LogP contribution in [0.25, 0.3) is 0 Å². The lowest BCUT2D eigenvalue weighted by Crippen LogP contribution is -2.56. The van der Waals surface area contributed by atoms with Crippen molar-refractivity contribution in [2.45, 2.75) is 46.5 Å². The first-order chi connectivity index (χ1) is 6.08. The number of fused-ring (bicyclic) bond motifs is 1. The molecular weight excluding hydrogens is 158 g/mol. The van der Waals surface area contributed by atoms with Crippen LogP contribution in [0.5, 0.6) is 0 Å². The molecule has 0 radical (unpaired) electrons. The highest BCUT2D eigenvalue weighted by Gasteiger charge is 2.50. The zero-order valence-corrected chi connectivity index (χ0v) is 9.32. The van der Waals surface area contributed by atoms with Crippen molar-refractivity contribution in [3.05, 3.63) is 0 Å². The summed E-state index contributed by atoms with van der Waals surface area (Å²) in [5.41, 5.74) is 1.18. The maximum atomic E-state index is 3.58. The van der Waals surface area contributed by atoms with Crippen LogP contribution in [-0.2, 0) is 0 Å². The van der Waals surface area contributed by atoms with Crippen molar-refractivity contribution in [2.24, 2.45) is 16.7 Å². The highest BCUT2D eigenvalue weighted by Crippen LogP contribution is 2.56. The zero-order valence-electron chi connectivity index (χ0n) is 9.32. The number of hydrogen-bond donors (Lipinski definition) is 1. The monoisotopic (exact) mass is 181 g/mol. The SMILES string of the molecule is CC1CCCC2(C)CCNCC12C. The van der Waals surface area contributed by atoms with E-state index in [1.807, 2.05) is 0 Å². The van der Waals surface area contributed by atoms with Gasteiger partial charge >= 0.3 is 0 Å². The van der Waals surface area contributed by atoms with Crippen molar-refractivity contribution in [1.29, 1.82) is 0 Å². The summed E-state index contributed by atoms with van der Waals surface area (Å²) < 4.78 is 0. The molecule has 0 amide bonds. The van der Waals surface area contributed by atoms with Crippen LogP contribution in [0.2, 0.25) is 0 Å². The second-order valence-electron chi connectivity index (χ2n) is 5.70. The first-order valence-electron chi connectivity index (χ1n) is 5.79. The van der Waals surface area contributed by atoms with E-state index in [4.69, 9.17) is 0 Å². The lowest BCUT2D eigenvalue weighted by atomic mass is 9.51. The molecule has 1 aliphatic carbocycles. The van der Waals surface area contributed by atoms with E-state index in [1.165, 1.54) is 38.8 Å². The normalized spacial score (nSPS) is 51.5. The van der Waals surface area contributed by atoms with Crippen molar-refractivity contribution in [3.63, 3.8) is 0 Å². The van der Waals surface area contributed by atoms with E-state index in [2.05, 4.69) is 26.1 Å². The number of nitrogens with one attached hydrogen (secondary N) is 1. The Hall–Kier alpha value is -0.0400. The molecule has 1 heteroatoms. The van der Waals surface area contributed by atoms with Gasteiger partial charge < -0.3 is 5.32 Å². The summed E-state index contributed by atoms with van der Waals surface area (Å²) in [6.45, 7) is 9.94. The molecule has 1 N–H and O–H groups in total. The van der Waals surface area contributed by atoms with E-state index in [0.717, 1.165) is 5.92 Å². The summed E-state index contributed by atoms with van der Waals surface area (Å²) in [6, 6.07) is 0. The minimum Gasteiger partial charge on any atom is -0.316 e. The minimum absolute atomic E-state index is 0.559. The van der Waals surface area contributed by atoms with Gasteiger partial charge in [-0.1, -0.05) is 33.6 Å². The Bertz CT molecular complexity index is 197. The fourth-order valence-corrected chi connectivity index (χ4v) is 3.51. The van der Waals surface area contributed by atoms with Gasteiger partial charge in [-0.2, -0.15) is 0 Å². The van der Waals surface area contributed by atoms with Gasteiger partial charge in [0.05, 0.1) is 0 Å². The lowest BCUT2D eigenvalue weighted by Gasteiger charge is -2.57. The molecule has 3 atom stereocenters. The van der Waals surface area contributed by atoms with Gasteiger partial charge in [0.25, 0.3) is 0 Å². The van der Waals surface area contributed by atoms with E-state index in [-0.39, 0.29) is 0 Å². The van der Waals surface area contributed by atoms with Crippen molar-refractivity contribution < 1.29 is 0 Å². The Morgan fingerprint density at radius 2 is 2.00 bits per heavy atom. The van der Waals surface area contributed by atoms with Gasteiger partial charge in [0.1, 0.15) is 0 Å². The van der Waals surface area contributed by atoms with Crippen molar-refractivity contribution >= 4 is 0 Å². The van der Waals surface area contributed by atoms with Crippen LogP contribution in [0.3, 0.4) is 0 Å². The molecule has 2 aliphatic rings. The van der Waals surface area contributed by atoms with Crippen LogP contribution < -0.4 is 5.32 Å². The summed E-state index contributed by atoms with van der Waals surface area (Å²) in [4.78, 5) is 0. The van der Waals surface area contributed by atoms with Crippen molar-refractivity contribution in [2.75, 3.05) is 13.1 Å². The average molecular weight is 181 g/mol. The topological polar surface area (TPSA) is 12.0 Å². The molecule has 0 bridgehead atoms. The predicted octanol–water partition coefficient (Wildman–Crippen LogP) is 2.81. The van der Waals surface area contributed by atoms with Gasteiger partial charge in [-0.15, -0.1) is 0 Å². The van der Waals surface area contributed by atoms with Gasteiger partial charge in [-0.3, -0.25) is 0 Å². The Morgan fingerprint density at radius 3 is 2.69 bits per heavy atom. The van der Waals surface area contributed by atoms with E-state index in [9.17, 15) is 0 Å². The smallest absolute Gasteiger partial charge is 0.00129 e. The second kappa shape index (κ2) is 2.98. The third-order valence-corrected chi connectivity index (χ3v) is 5.18. The maximum Gasteiger partial charge on any atom is 0.00129 e. The van der Waals surface area contributed by atoms with Gasteiger partial charge in [0, 0.05) is 6.54 Å². The van der Waals surface area contributed by atoms with Crippen LogP contribution in [0.15, 0.2) is 0 Å². The predicted molar refractivity (Wildman–Crippen MR) is 56.7 cm³/mol. The maximum absolute atomic E-state index is 3.58. The molecule has 1 aliphatic heterocycles. The second-order valence-corrected chi connectivity index (χ2v) is 5.70. The van der Waals surface area contributed by atoms with Gasteiger partial charge in [0.2, 0.25) is 0 Å². The summed E-state index contributed by atoms with van der Waals surface area (Å²) >= 11 is 0. The van der Waals surface area contributed by atoms with Gasteiger partial charge in [-0.05, 0) is 36.1 Å². The molecule has 13 heavy (non-hydrogen) atoms. The Labute approximate surface area is 82.3 Å². The number of hydrogen-bond acceptors (Lipinski definition) is 1. The summed E-state index contributed by atoms with van der Waals surface area (Å²) in [5.74, 6) is 0.902. The Balaban J connectivity index is 2.27. The Morgan fingerprint density at radius 1 is 1.23 bits per heavy atom. The molecule has 1 nitrogen and oxygen atoms in total. The standard InChI is InChI=1S/C12H23N/c1-10-5-4-6-11(2)7-8-13-9-12(10,11)3/h10,13H,4-9H2,1-3H3. The zero-order chi connectivity index (χ0) is 9.53. The molecule has 2 rings (SSSR count). The first-order valence-corrected chi connectivity index (χ1v) is 5.79. The molecule has 1 saturated carbocycles. The van der Waals surface area contributed by atoms with Crippen LogP contribution in [0.4, 0.5) is 0 Å². The molecule has 1 saturated heterocycles. The molecule has 0 aromatic heterocycles. The number of piperidine rings is 1. The molecule has 3 unspecified atom stereocenters. The van der Waals surface area contributed by atoms with Gasteiger partial charge in [0.15, 0.2) is 0 Å². The highest BCUT2D eigenvalue weighted by molar-refractivity contribution is 5.02. The third kappa shape index (κ3) is 1.24. The van der Waals surface area contributed by atoms with Crippen molar-refractivity contribution in [3.8, 4) is 0 Å². The fraction of sp³-hybridized carbons (Fsp3) is 1.00. The van der Waals surface area contributed by atoms with E-state index in [0.29, 0.717) is 10.8 Å². The average Bonchev–Trinajstić information content (AvgIpc) is 2.09. The van der Waals surface area contributed by atoms with Crippen LogP contribution in [-0.4, -0.2) is 13.1 Å². The molecule has 0 aromatic rings. The van der Waals surface area contributed by atoms with Crippen LogP contribution in [0.1, 0.15) is 46.5 Å². The van der Waals surface area contributed by atoms with Crippen LogP contribution >= 0.6 is 0 Å². The summed E-state index contributed by atoms with van der Waals surface area (Å²) in [5, 5.41) is 3.58. The van der Waals surface area contributed by atoms with E-state index < -0.39 is 0 Å². The highest BCUT2D eigenvalue weighted by atomic mass is 14.9. The molecular formula is C12H23N. The van der Waals surface area contributed by atoms with Gasteiger partial charge in [-0.25, -0.2) is 0 Å².